The Hall–Kier alpha value is -3.04. The van der Waals surface area contributed by atoms with E-state index in [-0.39, 0.29) is 0 Å². The molecule has 0 saturated heterocycles. The van der Waals surface area contributed by atoms with Gasteiger partial charge in [0.2, 0.25) is 0 Å². The molecular formula is C20H21N3. The molecule has 0 aliphatic heterocycles. The standard InChI is InChI=1S/C18H15N3.C2H6/c1-21(2)17-9-7-14(8-10-17)11-16(13-20)18-6-4-3-5-15(18)12-19;1-2/h3-11H,1-2H3;1-2H3/b16-11+;. The van der Waals surface area contributed by atoms with Crippen LogP contribution in [-0.4, -0.2) is 14.1 Å². The minimum absolute atomic E-state index is 0.491. The number of benzene rings is 2. The van der Waals surface area contributed by atoms with Crippen molar-refractivity contribution >= 4 is 17.3 Å². The molecular weight excluding hydrogens is 282 g/mol. The third-order valence-electron chi connectivity index (χ3n) is 3.18. The smallest absolute Gasteiger partial charge is 0.0998 e. The minimum atomic E-state index is 0.491. The first kappa shape index (κ1) is 18.0. The van der Waals surface area contributed by atoms with Crippen LogP contribution in [-0.2, 0) is 0 Å². The maximum absolute atomic E-state index is 9.37. The van der Waals surface area contributed by atoms with Gasteiger partial charge in [-0.2, -0.15) is 10.5 Å². The third kappa shape index (κ3) is 4.73. The van der Waals surface area contributed by atoms with Crippen LogP contribution in [0.4, 0.5) is 5.69 Å². The Bertz CT molecular complexity index is 742. The van der Waals surface area contributed by atoms with E-state index in [0.717, 1.165) is 11.3 Å². The molecule has 23 heavy (non-hydrogen) atoms. The maximum atomic E-state index is 9.37. The summed E-state index contributed by atoms with van der Waals surface area (Å²) in [5.74, 6) is 0. The molecule has 0 bridgehead atoms. The molecule has 116 valence electrons. The number of rotatable bonds is 3. The summed E-state index contributed by atoms with van der Waals surface area (Å²) in [4.78, 5) is 2.02. The van der Waals surface area contributed by atoms with Gasteiger partial charge in [-0.1, -0.05) is 44.2 Å². The zero-order chi connectivity index (χ0) is 17.2. The van der Waals surface area contributed by atoms with Gasteiger partial charge < -0.3 is 4.90 Å². The van der Waals surface area contributed by atoms with Gasteiger partial charge in [0.1, 0.15) is 0 Å². The summed E-state index contributed by atoms with van der Waals surface area (Å²) in [7, 11) is 3.96. The number of nitrogens with zero attached hydrogens (tertiary/aromatic N) is 3. The molecule has 2 aromatic rings. The van der Waals surface area contributed by atoms with Crippen LogP contribution in [0.25, 0.3) is 11.6 Å². The fraction of sp³-hybridized carbons (Fsp3) is 0.200. The SMILES string of the molecule is CC.CN(C)c1ccc(/C=C(\C#N)c2ccccc2C#N)cc1. The van der Waals surface area contributed by atoms with Crippen LogP contribution >= 0.6 is 0 Å². The fourth-order valence-corrected chi connectivity index (χ4v) is 2.02. The van der Waals surface area contributed by atoms with Crippen LogP contribution in [0.15, 0.2) is 48.5 Å². The van der Waals surface area contributed by atoms with E-state index in [1.807, 2.05) is 63.2 Å². The summed E-state index contributed by atoms with van der Waals surface area (Å²) in [6, 6.07) is 19.3. The first-order valence-electron chi connectivity index (χ1n) is 7.54. The Morgan fingerprint density at radius 1 is 0.957 bits per heavy atom. The van der Waals surface area contributed by atoms with E-state index in [1.165, 1.54) is 0 Å². The highest BCUT2D eigenvalue weighted by Gasteiger charge is 2.06. The third-order valence-corrected chi connectivity index (χ3v) is 3.18. The van der Waals surface area contributed by atoms with Gasteiger partial charge in [-0.3, -0.25) is 0 Å². The van der Waals surface area contributed by atoms with Gasteiger partial charge in [-0.05, 0) is 29.8 Å². The fourth-order valence-electron chi connectivity index (χ4n) is 2.02. The number of nitriles is 2. The van der Waals surface area contributed by atoms with Gasteiger partial charge in [0.05, 0.1) is 23.3 Å². The summed E-state index contributed by atoms with van der Waals surface area (Å²) in [5.41, 5.74) is 3.70. The van der Waals surface area contributed by atoms with Crippen LogP contribution < -0.4 is 4.90 Å². The van der Waals surface area contributed by atoms with Crippen LogP contribution in [0, 0.1) is 22.7 Å². The van der Waals surface area contributed by atoms with Gasteiger partial charge in [-0.15, -0.1) is 0 Å². The van der Waals surface area contributed by atoms with E-state index in [9.17, 15) is 5.26 Å². The highest BCUT2D eigenvalue weighted by Crippen LogP contribution is 2.22. The van der Waals surface area contributed by atoms with E-state index < -0.39 is 0 Å². The largest absolute Gasteiger partial charge is 0.378 e. The maximum Gasteiger partial charge on any atom is 0.0998 e. The molecule has 0 amide bonds. The van der Waals surface area contributed by atoms with Crippen molar-refractivity contribution in [2.24, 2.45) is 0 Å². The molecule has 0 N–H and O–H groups in total. The van der Waals surface area contributed by atoms with Gasteiger partial charge in [0, 0.05) is 25.3 Å². The summed E-state index contributed by atoms with van der Waals surface area (Å²) in [6.07, 6.45) is 1.80. The lowest BCUT2D eigenvalue weighted by molar-refractivity contribution is 1.13. The Balaban J connectivity index is 0.00000127. The van der Waals surface area contributed by atoms with Crippen LogP contribution in [0.3, 0.4) is 0 Å². The number of allylic oxidation sites excluding steroid dienone is 1. The second-order valence-electron chi connectivity index (χ2n) is 4.81. The zero-order valence-electron chi connectivity index (χ0n) is 14.0. The molecule has 0 aliphatic carbocycles. The van der Waals surface area contributed by atoms with E-state index in [1.54, 1.807) is 24.3 Å². The predicted molar refractivity (Wildman–Crippen MR) is 96.8 cm³/mol. The molecule has 0 fully saturated rings. The second-order valence-corrected chi connectivity index (χ2v) is 4.81. The highest BCUT2D eigenvalue weighted by atomic mass is 15.1. The van der Waals surface area contributed by atoms with Crippen molar-refractivity contribution in [3.05, 3.63) is 65.2 Å². The molecule has 0 saturated carbocycles. The molecule has 0 radical (unpaired) electrons. The van der Waals surface area contributed by atoms with Gasteiger partial charge in [0.25, 0.3) is 0 Å². The van der Waals surface area contributed by atoms with Crippen LogP contribution in [0.1, 0.15) is 30.5 Å². The van der Waals surface area contributed by atoms with Gasteiger partial charge >= 0.3 is 0 Å². The highest BCUT2D eigenvalue weighted by molar-refractivity contribution is 5.91. The van der Waals surface area contributed by atoms with Crippen molar-refractivity contribution < 1.29 is 0 Å². The van der Waals surface area contributed by atoms with Crippen LogP contribution in [0.2, 0.25) is 0 Å². The summed E-state index contributed by atoms with van der Waals surface area (Å²) < 4.78 is 0. The van der Waals surface area contributed by atoms with Crippen molar-refractivity contribution in [3.63, 3.8) is 0 Å². The second kappa shape index (κ2) is 9.07. The number of hydrogen-bond donors (Lipinski definition) is 0. The first-order valence-corrected chi connectivity index (χ1v) is 7.54. The van der Waals surface area contributed by atoms with E-state index in [2.05, 4.69) is 12.1 Å². The van der Waals surface area contributed by atoms with Gasteiger partial charge in [-0.25, -0.2) is 0 Å². The van der Waals surface area contributed by atoms with E-state index in [0.29, 0.717) is 16.7 Å². The quantitative estimate of drug-likeness (QED) is 0.609. The van der Waals surface area contributed by atoms with Gasteiger partial charge in [0.15, 0.2) is 0 Å². The first-order chi connectivity index (χ1) is 11.2. The average molecular weight is 303 g/mol. The molecule has 2 rings (SSSR count). The van der Waals surface area contributed by atoms with Crippen molar-refractivity contribution in [3.8, 4) is 12.1 Å². The van der Waals surface area contributed by atoms with Crippen molar-refractivity contribution in [1.82, 2.24) is 0 Å². The minimum Gasteiger partial charge on any atom is -0.378 e. The summed E-state index contributed by atoms with van der Waals surface area (Å²) in [6.45, 7) is 4.00. The Morgan fingerprint density at radius 2 is 1.57 bits per heavy atom. The molecule has 2 aromatic carbocycles. The predicted octanol–water partition coefficient (Wildman–Crippen LogP) is 4.71. The van der Waals surface area contributed by atoms with Crippen LogP contribution in [0.5, 0.6) is 0 Å². The zero-order valence-corrected chi connectivity index (χ0v) is 14.0. The topological polar surface area (TPSA) is 50.8 Å². The molecule has 0 spiro atoms. The lowest BCUT2D eigenvalue weighted by atomic mass is 9.99. The normalized spacial score (nSPS) is 9.91. The molecule has 3 heteroatoms. The summed E-state index contributed by atoms with van der Waals surface area (Å²) >= 11 is 0. The Labute approximate surface area is 138 Å². The summed E-state index contributed by atoms with van der Waals surface area (Å²) in [5, 5.41) is 18.5. The van der Waals surface area contributed by atoms with Crippen molar-refractivity contribution in [1.29, 1.82) is 10.5 Å². The van der Waals surface area contributed by atoms with E-state index >= 15 is 0 Å². The molecule has 0 unspecified atom stereocenters. The molecule has 0 heterocycles. The lowest BCUT2D eigenvalue weighted by Crippen LogP contribution is -2.07. The Morgan fingerprint density at radius 3 is 2.09 bits per heavy atom. The van der Waals surface area contributed by atoms with E-state index in [4.69, 9.17) is 5.26 Å². The molecule has 0 aromatic heterocycles. The number of hydrogen-bond acceptors (Lipinski definition) is 3. The molecule has 0 aliphatic rings. The lowest BCUT2D eigenvalue weighted by Gasteiger charge is -2.12. The Kier molecular flexibility index (Phi) is 7.11. The van der Waals surface area contributed by atoms with Crippen molar-refractivity contribution in [2.75, 3.05) is 19.0 Å². The monoisotopic (exact) mass is 303 g/mol. The average Bonchev–Trinajstić information content (AvgIpc) is 2.61. The molecule has 0 atom stereocenters. The molecule has 3 nitrogen and oxygen atoms in total. The van der Waals surface area contributed by atoms with Crippen molar-refractivity contribution in [2.45, 2.75) is 13.8 Å². The number of anilines is 1.